The molecule has 0 aliphatic carbocycles. The third-order valence-corrected chi connectivity index (χ3v) is 2.67. The quantitative estimate of drug-likeness (QED) is 0.866. The van der Waals surface area contributed by atoms with Gasteiger partial charge in [-0.2, -0.15) is 5.10 Å². The summed E-state index contributed by atoms with van der Waals surface area (Å²) in [6.45, 7) is 2.11. The predicted octanol–water partition coefficient (Wildman–Crippen LogP) is 1.92. The van der Waals surface area contributed by atoms with Crippen molar-refractivity contribution >= 4 is 12.0 Å². The molecule has 0 atom stereocenters. The summed E-state index contributed by atoms with van der Waals surface area (Å²) < 4.78 is 13.0. The molecule has 1 amide bonds. The first kappa shape index (κ1) is 13.9. The first-order chi connectivity index (χ1) is 9.54. The van der Waals surface area contributed by atoms with Crippen molar-refractivity contribution in [3.05, 3.63) is 53.4 Å². The van der Waals surface area contributed by atoms with Crippen LogP contribution in [-0.2, 0) is 11.3 Å². The standard InChI is InChI=1S/C14H15FN4O/c1-10-16-13(18-17-10)9-19(2)14(20)7-6-11-4-3-5-12(15)8-11/h3-8H,9H2,1-2H3,(H,16,17,18). The van der Waals surface area contributed by atoms with Crippen molar-refractivity contribution < 1.29 is 9.18 Å². The number of likely N-dealkylation sites (N-methyl/N-ethyl adjacent to an activating group) is 1. The van der Waals surface area contributed by atoms with Crippen LogP contribution in [0.2, 0.25) is 0 Å². The molecule has 0 bridgehead atoms. The lowest BCUT2D eigenvalue weighted by Gasteiger charge is -2.12. The highest BCUT2D eigenvalue weighted by Crippen LogP contribution is 2.06. The number of rotatable bonds is 4. The summed E-state index contributed by atoms with van der Waals surface area (Å²) in [6, 6.07) is 6.05. The van der Waals surface area contributed by atoms with Crippen LogP contribution in [0.15, 0.2) is 30.3 Å². The molecule has 0 unspecified atom stereocenters. The van der Waals surface area contributed by atoms with Gasteiger partial charge < -0.3 is 4.90 Å². The number of amides is 1. The van der Waals surface area contributed by atoms with Crippen LogP contribution >= 0.6 is 0 Å². The van der Waals surface area contributed by atoms with E-state index in [0.29, 0.717) is 23.8 Å². The van der Waals surface area contributed by atoms with E-state index in [4.69, 9.17) is 0 Å². The van der Waals surface area contributed by atoms with Gasteiger partial charge in [0, 0.05) is 13.1 Å². The number of aryl methyl sites for hydroxylation is 1. The fourth-order valence-corrected chi connectivity index (χ4v) is 1.65. The summed E-state index contributed by atoms with van der Waals surface area (Å²) >= 11 is 0. The Morgan fingerprint density at radius 1 is 1.50 bits per heavy atom. The minimum atomic E-state index is -0.329. The molecule has 0 saturated carbocycles. The molecular weight excluding hydrogens is 259 g/mol. The van der Waals surface area contributed by atoms with E-state index in [1.807, 2.05) is 0 Å². The zero-order valence-corrected chi connectivity index (χ0v) is 11.3. The Kier molecular flexibility index (Phi) is 4.24. The fourth-order valence-electron chi connectivity index (χ4n) is 1.65. The number of carbonyl (C=O) groups is 1. The third-order valence-electron chi connectivity index (χ3n) is 2.67. The minimum Gasteiger partial charge on any atom is -0.335 e. The van der Waals surface area contributed by atoms with E-state index in [0.717, 1.165) is 0 Å². The second kappa shape index (κ2) is 6.10. The number of aromatic nitrogens is 3. The lowest BCUT2D eigenvalue weighted by atomic mass is 10.2. The Morgan fingerprint density at radius 2 is 2.30 bits per heavy atom. The van der Waals surface area contributed by atoms with Crippen molar-refractivity contribution in [2.24, 2.45) is 0 Å². The zero-order valence-electron chi connectivity index (χ0n) is 11.3. The Labute approximate surface area is 116 Å². The van der Waals surface area contributed by atoms with E-state index < -0.39 is 0 Å². The second-order valence-electron chi connectivity index (χ2n) is 4.42. The molecule has 20 heavy (non-hydrogen) atoms. The Hall–Kier alpha value is -2.50. The van der Waals surface area contributed by atoms with Gasteiger partial charge in [-0.05, 0) is 30.7 Å². The van der Waals surface area contributed by atoms with Crippen molar-refractivity contribution in [3.8, 4) is 0 Å². The van der Waals surface area contributed by atoms with Crippen molar-refractivity contribution in [2.45, 2.75) is 13.5 Å². The lowest BCUT2D eigenvalue weighted by molar-refractivity contribution is -0.125. The summed E-state index contributed by atoms with van der Waals surface area (Å²) in [7, 11) is 1.66. The molecule has 1 N–H and O–H groups in total. The fraction of sp³-hybridized carbons (Fsp3) is 0.214. The Morgan fingerprint density at radius 3 is 2.95 bits per heavy atom. The summed E-state index contributed by atoms with van der Waals surface area (Å²) in [5.74, 6) is 0.731. The third kappa shape index (κ3) is 3.74. The molecule has 0 aliphatic rings. The highest BCUT2D eigenvalue weighted by molar-refractivity contribution is 5.91. The van der Waals surface area contributed by atoms with Gasteiger partial charge in [0.25, 0.3) is 0 Å². The number of nitrogens with zero attached hydrogens (tertiary/aromatic N) is 3. The van der Waals surface area contributed by atoms with E-state index in [1.54, 1.807) is 32.2 Å². The maximum atomic E-state index is 13.0. The van der Waals surface area contributed by atoms with Gasteiger partial charge in [-0.3, -0.25) is 9.89 Å². The molecule has 104 valence electrons. The molecule has 0 saturated heterocycles. The first-order valence-corrected chi connectivity index (χ1v) is 6.11. The van der Waals surface area contributed by atoms with Gasteiger partial charge >= 0.3 is 0 Å². The van der Waals surface area contributed by atoms with Crippen LogP contribution in [-0.4, -0.2) is 33.0 Å². The molecule has 1 heterocycles. The van der Waals surface area contributed by atoms with Gasteiger partial charge in [-0.1, -0.05) is 12.1 Å². The van der Waals surface area contributed by atoms with Crippen LogP contribution in [0.5, 0.6) is 0 Å². The molecule has 0 radical (unpaired) electrons. The minimum absolute atomic E-state index is 0.197. The molecule has 2 rings (SSSR count). The summed E-state index contributed by atoms with van der Waals surface area (Å²) in [5, 5.41) is 6.68. The largest absolute Gasteiger partial charge is 0.335 e. The van der Waals surface area contributed by atoms with Crippen LogP contribution in [0, 0.1) is 12.7 Å². The zero-order chi connectivity index (χ0) is 14.5. The number of aromatic amines is 1. The number of benzene rings is 1. The number of nitrogens with one attached hydrogen (secondary N) is 1. The smallest absolute Gasteiger partial charge is 0.246 e. The monoisotopic (exact) mass is 274 g/mol. The van der Waals surface area contributed by atoms with Gasteiger partial charge in [0.15, 0.2) is 5.82 Å². The van der Waals surface area contributed by atoms with Crippen molar-refractivity contribution in [1.29, 1.82) is 0 Å². The topological polar surface area (TPSA) is 61.9 Å². The van der Waals surface area contributed by atoms with Gasteiger partial charge in [0.2, 0.25) is 5.91 Å². The first-order valence-electron chi connectivity index (χ1n) is 6.11. The summed E-state index contributed by atoms with van der Waals surface area (Å²) in [6.07, 6.45) is 2.97. The van der Waals surface area contributed by atoms with Crippen LogP contribution in [0.4, 0.5) is 4.39 Å². The number of carbonyl (C=O) groups excluding carboxylic acids is 1. The molecule has 5 nitrogen and oxygen atoms in total. The molecule has 0 spiro atoms. The van der Waals surface area contributed by atoms with Crippen LogP contribution in [0.1, 0.15) is 17.2 Å². The SMILES string of the molecule is Cc1nc(CN(C)C(=O)C=Cc2cccc(F)c2)n[nH]1. The molecule has 1 aromatic carbocycles. The average Bonchev–Trinajstić information content (AvgIpc) is 2.81. The van der Waals surface area contributed by atoms with E-state index >= 15 is 0 Å². The Bertz CT molecular complexity index is 636. The van der Waals surface area contributed by atoms with E-state index in [2.05, 4.69) is 15.2 Å². The number of hydrogen-bond acceptors (Lipinski definition) is 3. The number of hydrogen-bond donors (Lipinski definition) is 1. The maximum absolute atomic E-state index is 13.0. The van der Waals surface area contributed by atoms with Gasteiger partial charge in [0.05, 0.1) is 6.54 Å². The molecule has 2 aromatic rings. The molecule has 6 heteroatoms. The average molecular weight is 274 g/mol. The maximum Gasteiger partial charge on any atom is 0.246 e. The highest BCUT2D eigenvalue weighted by atomic mass is 19.1. The van der Waals surface area contributed by atoms with Crippen LogP contribution in [0.3, 0.4) is 0 Å². The summed E-state index contributed by atoms with van der Waals surface area (Å²) in [5.41, 5.74) is 0.639. The molecule has 0 aliphatic heterocycles. The normalized spacial score (nSPS) is 10.9. The second-order valence-corrected chi connectivity index (χ2v) is 4.42. The van der Waals surface area contributed by atoms with Crippen molar-refractivity contribution in [2.75, 3.05) is 7.05 Å². The molecule has 0 fully saturated rings. The van der Waals surface area contributed by atoms with Gasteiger partial charge in [-0.25, -0.2) is 9.37 Å². The molecule has 1 aromatic heterocycles. The molecular formula is C14H15FN4O. The number of halogens is 1. The lowest BCUT2D eigenvalue weighted by Crippen LogP contribution is -2.24. The predicted molar refractivity (Wildman–Crippen MR) is 73.0 cm³/mol. The summed E-state index contributed by atoms with van der Waals surface area (Å²) in [4.78, 5) is 17.5. The van der Waals surface area contributed by atoms with E-state index in [-0.39, 0.29) is 11.7 Å². The van der Waals surface area contributed by atoms with E-state index in [9.17, 15) is 9.18 Å². The van der Waals surface area contributed by atoms with E-state index in [1.165, 1.54) is 23.1 Å². The van der Waals surface area contributed by atoms with Crippen LogP contribution < -0.4 is 0 Å². The highest BCUT2D eigenvalue weighted by Gasteiger charge is 2.08. The number of H-pyrrole nitrogens is 1. The van der Waals surface area contributed by atoms with Gasteiger partial charge in [-0.15, -0.1) is 0 Å². The van der Waals surface area contributed by atoms with Crippen molar-refractivity contribution in [1.82, 2.24) is 20.1 Å². The van der Waals surface area contributed by atoms with Crippen molar-refractivity contribution in [3.63, 3.8) is 0 Å². The van der Waals surface area contributed by atoms with Gasteiger partial charge in [0.1, 0.15) is 11.6 Å². The Balaban J connectivity index is 1.97. The van der Waals surface area contributed by atoms with Crippen LogP contribution in [0.25, 0.3) is 6.08 Å².